The third-order valence-corrected chi connectivity index (χ3v) is 11.3. The lowest BCUT2D eigenvalue weighted by atomic mass is 10.0. The molecule has 6 nitrogen and oxygen atoms in total. The van der Waals surface area contributed by atoms with E-state index >= 15 is 0 Å². The van der Waals surface area contributed by atoms with Gasteiger partial charge in [-0.25, -0.2) is 4.98 Å². The first kappa shape index (κ1) is 29.9. The molecule has 55 heavy (non-hydrogen) atoms. The van der Waals surface area contributed by atoms with Crippen molar-refractivity contribution in [2.45, 2.75) is 0 Å². The van der Waals surface area contributed by atoms with Gasteiger partial charge < -0.3 is 14.2 Å². The number of phenolic OH excluding ortho intramolecular Hbond substituents is 1. The molecule has 0 amide bonds. The molecule has 8 aromatic carbocycles. The standard InChI is InChI=1S/C49H31N5O/c55-47-28-27-33(30-37(47)31-13-11-14-32(29-31)51-39-19-5-1-15-34(39)35-16-2-6-20-40(35)51)52-41-21-7-3-17-36(41)48-45(52)25-12-26-46(48)54-44-24-10-9-23-43(44)53-42-22-8-4-18-38(42)50-49(53)54/h1-30,55H. The lowest BCUT2D eigenvalue weighted by molar-refractivity contribution is 0.477. The molecule has 0 spiro atoms. The number of imidazole rings is 2. The van der Waals surface area contributed by atoms with Crippen LogP contribution in [0.2, 0.25) is 0 Å². The zero-order valence-corrected chi connectivity index (χ0v) is 29.5. The van der Waals surface area contributed by atoms with Crippen LogP contribution in [-0.2, 0) is 0 Å². The first-order chi connectivity index (χ1) is 27.2. The molecule has 0 unspecified atom stereocenters. The Morgan fingerprint density at radius 2 is 0.964 bits per heavy atom. The zero-order valence-electron chi connectivity index (χ0n) is 29.5. The van der Waals surface area contributed by atoms with Gasteiger partial charge in [-0.15, -0.1) is 0 Å². The molecule has 258 valence electrons. The molecular weight excluding hydrogens is 675 g/mol. The number of benzene rings is 8. The second-order valence-corrected chi connectivity index (χ2v) is 14.2. The smallest absolute Gasteiger partial charge is 0.220 e. The summed E-state index contributed by atoms with van der Waals surface area (Å²) in [6.07, 6.45) is 0. The molecule has 0 aliphatic heterocycles. The van der Waals surface area contributed by atoms with E-state index in [0.717, 1.165) is 88.9 Å². The van der Waals surface area contributed by atoms with Gasteiger partial charge in [0.2, 0.25) is 5.78 Å². The summed E-state index contributed by atoms with van der Waals surface area (Å²) in [5, 5.41) is 16.2. The highest BCUT2D eigenvalue weighted by Gasteiger charge is 2.22. The van der Waals surface area contributed by atoms with E-state index in [4.69, 9.17) is 4.98 Å². The number of para-hydroxylation sites is 7. The Kier molecular flexibility index (Phi) is 6.11. The van der Waals surface area contributed by atoms with E-state index in [1.54, 1.807) is 0 Å². The van der Waals surface area contributed by atoms with Crippen LogP contribution < -0.4 is 0 Å². The maximum absolute atomic E-state index is 11.5. The Balaban J connectivity index is 1.08. The molecule has 12 aromatic rings. The lowest BCUT2D eigenvalue weighted by Gasteiger charge is -2.14. The van der Waals surface area contributed by atoms with Crippen molar-refractivity contribution in [2.24, 2.45) is 0 Å². The molecule has 0 atom stereocenters. The van der Waals surface area contributed by atoms with Gasteiger partial charge in [-0.2, -0.15) is 0 Å². The fraction of sp³-hybridized carbons (Fsp3) is 0. The molecule has 6 heteroatoms. The van der Waals surface area contributed by atoms with Gasteiger partial charge in [-0.05, 0) is 90.5 Å². The van der Waals surface area contributed by atoms with Crippen molar-refractivity contribution < 1.29 is 5.11 Å². The predicted octanol–water partition coefficient (Wildman–Crippen LogP) is 12.0. The highest BCUT2D eigenvalue weighted by atomic mass is 16.3. The summed E-state index contributed by atoms with van der Waals surface area (Å²) in [5.41, 5.74) is 13.5. The van der Waals surface area contributed by atoms with E-state index < -0.39 is 0 Å². The molecule has 4 heterocycles. The molecule has 0 aliphatic rings. The van der Waals surface area contributed by atoms with Crippen molar-refractivity contribution >= 4 is 71.5 Å². The van der Waals surface area contributed by atoms with Gasteiger partial charge in [0.1, 0.15) is 5.75 Å². The van der Waals surface area contributed by atoms with Gasteiger partial charge in [-0.1, -0.05) is 97.1 Å². The van der Waals surface area contributed by atoms with E-state index in [1.165, 1.54) is 10.8 Å². The van der Waals surface area contributed by atoms with Crippen LogP contribution in [0.5, 0.6) is 5.75 Å². The molecule has 0 aliphatic carbocycles. The number of nitrogens with zero attached hydrogens (tertiary/aromatic N) is 5. The largest absolute Gasteiger partial charge is 0.507 e. The van der Waals surface area contributed by atoms with E-state index in [0.29, 0.717) is 0 Å². The van der Waals surface area contributed by atoms with Crippen molar-refractivity contribution in [2.75, 3.05) is 0 Å². The van der Waals surface area contributed by atoms with Crippen LogP contribution in [0.4, 0.5) is 0 Å². The molecular formula is C49H31N5O. The van der Waals surface area contributed by atoms with E-state index in [1.807, 2.05) is 18.2 Å². The molecule has 1 N–H and O–H groups in total. The fourth-order valence-corrected chi connectivity index (χ4v) is 8.96. The van der Waals surface area contributed by atoms with Crippen molar-refractivity contribution in [1.29, 1.82) is 0 Å². The monoisotopic (exact) mass is 705 g/mol. The maximum atomic E-state index is 11.5. The number of rotatable bonds is 4. The second kappa shape index (κ2) is 11.2. The van der Waals surface area contributed by atoms with Crippen LogP contribution >= 0.6 is 0 Å². The van der Waals surface area contributed by atoms with Crippen LogP contribution in [-0.4, -0.2) is 28.2 Å². The summed E-state index contributed by atoms with van der Waals surface area (Å²) in [6.45, 7) is 0. The second-order valence-electron chi connectivity index (χ2n) is 14.2. The first-order valence-electron chi connectivity index (χ1n) is 18.5. The third-order valence-electron chi connectivity index (χ3n) is 11.3. The average Bonchev–Trinajstić information content (AvgIpc) is 3.97. The number of fused-ring (bicyclic) bond motifs is 11. The SMILES string of the molecule is Oc1ccc(-n2c3ccccc3c3c(-n4c5ccccc5n5c6ccccc6nc45)cccc32)cc1-c1cccc(-n2c3ccccc3c3ccccc32)c1. The molecule has 0 radical (unpaired) electrons. The van der Waals surface area contributed by atoms with Crippen LogP contribution in [0.25, 0.3) is 99.6 Å². The number of aromatic nitrogens is 5. The van der Waals surface area contributed by atoms with Gasteiger partial charge in [-0.3, -0.25) is 8.97 Å². The predicted molar refractivity (Wildman–Crippen MR) is 225 cm³/mol. The van der Waals surface area contributed by atoms with Gasteiger partial charge >= 0.3 is 0 Å². The maximum Gasteiger partial charge on any atom is 0.220 e. The molecule has 0 saturated carbocycles. The van der Waals surface area contributed by atoms with Crippen molar-refractivity contribution in [3.63, 3.8) is 0 Å². The summed E-state index contributed by atoms with van der Waals surface area (Å²) >= 11 is 0. The normalized spacial score (nSPS) is 12.1. The summed E-state index contributed by atoms with van der Waals surface area (Å²) in [4.78, 5) is 5.18. The zero-order chi connectivity index (χ0) is 36.2. The third kappa shape index (κ3) is 4.16. The van der Waals surface area contributed by atoms with Gasteiger partial charge in [0.25, 0.3) is 0 Å². The average molecular weight is 706 g/mol. The number of phenols is 1. The van der Waals surface area contributed by atoms with E-state index in [9.17, 15) is 5.11 Å². The summed E-state index contributed by atoms with van der Waals surface area (Å²) in [5.74, 6) is 1.11. The van der Waals surface area contributed by atoms with Crippen LogP contribution in [0, 0.1) is 0 Å². The Hall–Kier alpha value is -7.57. The Bertz CT molecular complexity index is 3470. The lowest BCUT2D eigenvalue weighted by Crippen LogP contribution is -1.98. The molecule has 0 fully saturated rings. The summed E-state index contributed by atoms with van der Waals surface area (Å²) < 4.78 is 9.20. The molecule has 4 aromatic heterocycles. The van der Waals surface area contributed by atoms with Gasteiger partial charge in [0.05, 0.1) is 49.8 Å². The Morgan fingerprint density at radius 3 is 1.73 bits per heavy atom. The Labute approximate surface area is 314 Å². The highest BCUT2D eigenvalue weighted by molar-refractivity contribution is 6.14. The van der Waals surface area contributed by atoms with Crippen LogP contribution in [0.3, 0.4) is 0 Å². The highest BCUT2D eigenvalue weighted by Crippen LogP contribution is 2.41. The number of hydrogen-bond donors (Lipinski definition) is 1. The first-order valence-corrected chi connectivity index (χ1v) is 18.5. The molecule has 0 bridgehead atoms. The van der Waals surface area contributed by atoms with Crippen molar-refractivity contribution in [3.05, 3.63) is 182 Å². The van der Waals surface area contributed by atoms with E-state index in [-0.39, 0.29) is 5.75 Å². The fourth-order valence-electron chi connectivity index (χ4n) is 8.96. The topological polar surface area (TPSA) is 52.3 Å². The quantitative estimate of drug-likeness (QED) is 0.198. The summed E-state index contributed by atoms with van der Waals surface area (Å²) in [7, 11) is 0. The van der Waals surface area contributed by atoms with Crippen LogP contribution in [0.1, 0.15) is 0 Å². The Morgan fingerprint density at radius 1 is 0.400 bits per heavy atom. The van der Waals surface area contributed by atoms with Crippen molar-refractivity contribution in [3.8, 4) is 33.9 Å². The number of aromatic hydroxyl groups is 1. The molecule has 12 rings (SSSR count). The van der Waals surface area contributed by atoms with Crippen LogP contribution in [0.15, 0.2) is 182 Å². The van der Waals surface area contributed by atoms with Gasteiger partial charge in [0.15, 0.2) is 0 Å². The van der Waals surface area contributed by atoms with Gasteiger partial charge in [0, 0.05) is 38.5 Å². The number of hydrogen-bond acceptors (Lipinski definition) is 2. The summed E-state index contributed by atoms with van der Waals surface area (Å²) in [6, 6.07) is 63.5. The van der Waals surface area contributed by atoms with Crippen molar-refractivity contribution in [1.82, 2.24) is 23.1 Å². The minimum Gasteiger partial charge on any atom is -0.507 e. The van der Waals surface area contributed by atoms with E-state index in [2.05, 4.69) is 182 Å². The minimum atomic E-state index is 0.233. The minimum absolute atomic E-state index is 0.233. The molecule has 0 saturated heterocycles.